The van der Waals surface area contributed by atoms with Crippen LogP contribution in [0.15, 0.2) is 57.5 Å². The lowest BCUT2D eigenvalue weighted by Crippen LogP contribution is -2.54. The zero-order valence-electron chi connectivity index (χ0n) is 33.3. The fourth-order valence-corrected chi connectivity index (χ4v) is 13.6. The molecule has 0 spiro atoms. The van der Waals surface area contributed by atoms with Gasteiger partial charge in [-0.1, -0.05) is 112 Å². The molecule has 1 aliphatic rings. The number of rotatable bonds is 6. The highest BCUT2D eigenvalue weighted by Gasteiger charge is 2.44. The van der Waals surface area contributed by atoms with Crippen LogP contribution in [0, 0.1) is 27.7 Å². The van der Waals surface area contributed by atoms with Gasteiger partial charge >= 0.3 is 0 Å². The van der Waals surface area contributed by atoms with Crippen LogP contribution in [0.2, 0.25) is 26.2 Å². The molecule has 0 bridgehead atoms. The Kier molecular flexibility index (Phi) is 10.1. The van der Waals surface area contributed by atoms with Gasteiger partial charge in [-0.05, 0) is 122 Å². The zero-order valence-corrected chi connectivity index (χ0v) is 38.5. The summed E-state index contributed by atoms with van der Waals surface area (Å²) in [5.41, 5.74) is 12.4. The molecule has 50 heavy (non-hydrogen) atoms. The molecule has 0 saturated heterocycles. The highest BCUT2D eigenvalue weighted by Crippen LogP contribution is 2.50. The molecule has 0 aromatic heterocycles. The first-order chi connectivity index (χ1) is 22.7. The molecule has 0 amide bonds. The fourth-order valence-electron chi connectivity index (χ4n) is 7.42. The van der Waals surface area contributed by atoms with Crippen LogP contribution in [0.5, 0.6) is 11.5 Å². The molecule has 0 radical (unpaired) electrons. The summed E-state index contributed by atoms with van der Waals surface area (Å²) in [6.07, 6.45) is 0. The molecule has 5 rings (SSSR count). The maximum absolute atomic E-state index is 7.49. The Morgan fingerprint density at radius 2 is 0.840 bits per heavy atom. The van der Waals surface area contributed by atoms with Crippen molar-refractivity contribution in [3.63, 3.8) is 0 Å². The second-order valence-electron chi connectivity index (χ2n) is 18.4. The predicted octanol–water partition coefficient (Wildman–Crippen LogP) is 12.5. The van der Waals surface area contributed by atoms with E-state index in [9.17, 15) is 0 Å². The van der Waals surface area contributed by atoms with E-state index in [1.807, 2.05) is 0 Å². The Labute approximate surface area is 321 Å². The summed E-state index contributed by atoms with van der Waals surface area (Å²) < 4.78 is 9.72. The number of ether oxygens (including phenoxy) is 1. The largest absolute Gasteiger partial charge is 0.457 e. The van der Waals surface area contributed by atoms with Gasteiger partial charge in [0.2, 0.25) is 0 Å². The first-order valence-electron chi connectivity index (χ1n) is 17.9. The van der Waals surface area contributed by atoms with Gasteiger partial charge in [-0.25, -0.2) is 0 Å². The summed E-state index contributed by atoms with van der Waals surface area (Å²) in [5.74, 6) is 2.08. The number of aryl methyl sites for hydroxylation is 4. The van der Waals surface area contributed by atoms with Crippen LogP contribution >= 0.6 is 31.9 Å². The van der Waals surface area contributed by atoms with E-state index < -0.39 is 16.5 Å². The Hall–Kier alpha value is -2.33. The molecule has 4 aromatic rings. The number of halogens is 2. The second kappa shape index (κ2) is 13.0. The quantitative estimate of drug-likeness (QED) is 0.190. The molecule has 1 heterocycles. The maximum atomic E-state index is 7.49. The molecular formula is C43H58Br2N2OSi2. The van der Waals surface area contributed by atoms with Gasteiger partial charge in [0, 0.05) is 47.2 Å². The summed E-state index contributed by atoms with van der Waals surface area (Å²) in [4.78, 5) is 8.27. The van der Waals surface area contributed by atoms with Crippen molar-refractivity contribution < 1.29 is 4.74 Å². The van der Waals surface area contributed by atoms with Gasteiger partial charge in [-0.3, -0.25) is 0 Å². The molecule has 0 atom stereocenters. The summed E-state index contributed by atoms with van der Waals surface area (Å²) in [7, 11) is -4.72. The van der Waals surface area contributed by atoms with E-state index in [0.29, 0.717) is 0 Å². The van der Waals surface area contributed by atoms with Gasteiger partial charge in [0.05, 0.1) is 0 Å². The van der Waals surface area contributed by atoms with E-state index in [-0.39, 0.29) is 16.2 Å². The number of nitrogens with one attached hydrogen (secondary N) is 2. The minimum atomic E-state index is -2.36. The minimum Gasteiger partial charge on any atom is -0.457 e. The van der Waals surface area contributed by atoms with Crippen molar-refractivity contribution in [1.29, 1.82) is 0 Å². The van der Waals surface area contributed by atoms with Crippen molar-refractivity contribution in [2.75, 3.05) is 9.96 Å². The molecule has 1 aliphatic heterocycles. The van der Waals surface area contributed by atoms with Gasteiger partial charge in [-0.2, -0.15) is 0 Å². The summed E-state index contributed by atoms with van der Waals surface area (Å²) >= 11 is 7.42. The first kappa shape index (κ1) is 38.9. The molecule has 3 nitrogen and oxygen atoms in total. The van der Waals surface area contributed by atoms with Gasteiger partial charge in [0.25, 0.3) is 0 Å². The van der Waals surface area contributed by atoms with Crippen molar-refractivity contribution in [2.24, 2.45) is 0 Å². The van der Waals surface area contributed by atoms with E-state index in [0.717, 1.165) is 20.4 Å². The van der Waals surface area contributed by atoms with Crippen molar-refractivity contribution in [3.05, 3.63) is 102 Å². The third-order valence-electron chi connectivity index (χ3n) is 10.7. The highest BCUT2D eigenvalue weighted by molar-refractivity contribution is 9.10. The van der Waals surface area contributed by atoms with Gasteiger partial charge < -0.3 is 14.7 Å². The molecule has 7 heteroatoms. The summed E-state index contributed by atoms with van der Waals surface area (Å²) in [5, 5.41) is 2.64. The van der Waals surface area contributed by atoms with E-state index >= 15 is 0 Å². The van der Waals surface area contributed by atoms with Crippen LogP contribution in [-0.2, 0) is 16.2 Å². The van der Waals surface area contributed by atoms with E-state index in [4.69, 9.17) is 4.74 Å². The monoisotopic (exact) mass is 832 g/mol. The standard InChI is InChI=1S/C43H58Br2N2OSi2/c1-25-17-31(44)18-26(2)37(25)46-49(13,14)35-23-29(41(5,6)7)21-33-39(35)48-40-34(43(33,11)12)22-30(42(8,9)10)24-36(40)50(15,16)47-38-27(3)19-32(45)20-28(38)4/h17-24,46-47H,1-16H3. The molecule has 0 aliphatic carbocycles. The fraction of sp³-hybridized carbons (Fsp3) is 0.442. The maximum Gasteiger partial charge on any atom is 0.183 e. The Bertz CT molecular complexity index is 1810. The van der Waals surface area contributed by atoms with Crippen LogP contribution in [0.1, 0.15) is 99.9 Å². The third-order valence-corrected chi connectivity index (χ3v) is 16.8. The van der Waals surface area contributed by atoms with Crippen LogP contribution in [0.4, 0.5) is 11.4 Å². The number of fused-ring (bicyclic) bond motifs is 2. The number of benzene rings is 4. The number of hydrogen-bond donors (Lipinski definition) is 2. The highest BCUT2D eigenvalue weighted by atomic mass is 79.9. The predicted molar refractivity (Wildman–Crippen MR) is 231 cm³/mol. The van der Waals surface area contributed by atoms with Crippen LogP contribution in [-0.4, -0.2) is 16.5 Å². The topological polar surface area (TPSA) is 33.3 Å². The SMILES string of the molecule is Cc1cc(Br)cc(C)c1N[Si](C)(C)c1cc(C(C)(C)C)cc2c1Oc1c(cc(C(C)(C)C)cc1[Si](C)(C)Nc1c(C)cc(Br)cc1C)C2(C)C. The number of anilines is 2. The lowest BCUT2D eigenvalue weighted by atomic mass is 9.72. The Balaban J connectivity index is 1.79. The van der Waals surface area contributed by atoms with Crippen LogP contribution < -0.4 is 25.1 Å². The van der Waals surface area contributed by atoms with E-state index in [1.165, 1.54) is 66.3 Å². The summed E-state index contributed by atoms with van der Waals surface area (Å²) in [6, 6.07) is 18.7. The van der Waals surface area contributed by atoms with Crippen molar-refractivity contribution in [2.45, 2.75) is 126 Å². The van der Waals surface area contributed by atoms with Crippen LogP contribution in [0.3, 0.4) is 0 Å². The molecular weight excluding hydrogens is 776 g/mol. The van der Waals surface area contributed by atoms with Gasteiger partial charge in [0.1, 0.15) is 11.5 Å². The molecule has 268 valence electrons. The van der Waals surface area contributed by atoms with Crippen molar-refractivity contribution in [1.82, 2.24) is 0 Å². The summed E-state index contributed by atoms with van der Waals surface area (Å²) in [6.45, 7) is 37.4. The molecule has 4 aromatic carbocycles. The molecule has 2 N–H and O–H groups in total. The normalized spacial score (nSPS) is 14.5. The smallest absolute Gasteiger partial charge is 0.183 e. The van der Waals surface area contributed by atoms with Crippen molar-refractivity contribution >= 4 is 70.1 Å². The Morgan fingerprint density at radius 1 is 0.540 bits per heavy atom. The molecule has 0 unspecified atom stereocenters. The lowest BCUT2D eigenvalue weighted by molar-refractivity contribution is 0.421. The first-order valence-corrected chi connectivity index (χ1v) is 25.5. The minimum absolute atomic E-state index is 0.0221. The Morgan fingerprint density at radius 3 is 1.12 bits per heavy atom. The van der Waals surface area contributed by atoms with Gasteiger partial charge in [0.15, 0.2) is 16.5 Å². The average molecular weight is 835 g/mol. The van der Waals surface area contributed by atoms with Crippen molar-refractivity contribution in [3.8, 4) is 11.5 Å². The average Bonchev–Trinajstić information content (AvgIpc) is 2.95. The molecule has 0 saturated carbocycles. The molecule has 0 fully saturated rings. The lowest BCUT2D eigenvalue weighted by Gasteiger charge is -2.42. The van der Waals surface area contributed by atoms with E-state index in [2.05, 4.69) is 200 Å². The zero-order chi connectivity index (χ0) is 37.5. The third kappa shape index (κ3) is 7.31. The number of hydrogen-bond acceptors (Lipinski definition) is 3. The second-order valence-corrected chi connectivity index (χ2v) is 28.3. The van der Waals surface area contributed by atoms with E-state index in [1.54, 1.807) is 0 Å². The van der Waals surface area contributed by atoms with Crippen LogP contribution in [0.25, 0.3) is 0 Å². The van der Waals surface area contributed by atoms with Gasteiger partial charge in [-0.15, -0.1) is 0 Å².